The molecule has 176 valence electrons. The molecule has 2 aromatic carbocycles. The fourth-order valence-electron chi connectivity index (χ4n) is 4.78. The molecule has 0 atom stereocenters. The van der Waals surface area contributed by atoms with Gasteiger partial charge in [-0.05, 0) is 37.1 Å². The SMILES string of the molecule is COc1cc2ncnc(N3CCC(n4c(=O)c5cc(N)ccc5n(C)c4=O)CC3)c2cc1OC. The van der Waals surface area contributed by atoms with Crippen molar-refractivity contribution >= 4 is 33.3 Å². The van der Waals surface area contributed by atoms with Crippen LogP contribution in [0.25, 0.3) is 21.8 Å². The van der Waals surface area contributed by atoms with Crippen LogP contribution in [-0.2, 0) is 7.05 Å². The standard InChI is InChI=1S/C24H26N6O4/c1-28-19-5-4-14(25)10-17(19)23(31)30(24(28)32)15-6-8-29(9-7-15)22-16-11-20(33-2)21(34-3)12-18(16)26-13-27-22/h4-5,10-13,15H,6-9,25H2,1-3H3. The predicted octanol–water partition coefficient (Wildman–Crippen LogP) is 2.08. The van der Waals surface area contributed by atoms with Gasteiger partial charge in [0.15, 0.2) is 11.5 Å². The van der Waals surface area contributed by atoms with E-state index in [0.29, 0.717) is 54.0 Å². The van der Waals surface area contributed by atoms with Crippen LogP contribution in [0.2, 0.25) is 0 Å². The topological polar surface area (TPSA) is 118 Å². The fourth-order valence-corrected chi connectivity index (χ4v) is 4.78. The Balaban J connectivity index is 1.48. The number of piperidine rings is 1. The molecule has 0 spiro atoms. The molecule has 1 aliphatic rings. The predicted molar refractivity (Wildman–Crippen MR) is 131 cm³/mol. The molecule has 0 unspecified atom stereocenters. The van der Waals surface area contributed by atoms with Gasteiger partial charge in [-0.15, -0.1) is 0 Å². The Kier molecular flexibility index (Phi) is 5.35. The molecule has 1 fully saturated rings. The number of anilines is 2. The minimum absolute atomic E-state index is 0.212. The summed E-state index contributed by atoms with van der Waals surface area (Å²) in [6.45, 7) is 1.27. The third-order valence-corrected chi connectivity index (χ3v) is 6.57. The number of methoxy groups -OCH3 is 2. The van der Waals surface area contributed by atoms with Gasteiger partial charge in [0.25, 0.3) is 5.56 Å². The summed E-state index contributed by atoms with van der Waals surface area (Å²) in [6.07, 6.45) is 2.78. The molecule has 0 bridgehead atoms. The normalized spacial score (nSPS) is 14.6. The lowest BCUT2D eigenvalue weighted by Crippen LogP contribution is -2.45. The number of hydrogen-bond donors (Lipinski definition) is 1. The zero-order chi connectivity index (χ0) is 24.0. The number of nitrogens with two attached hydrogens (primary N) is 1. The first-order chi connectivity index (χ1) is 16.4. The van der Waals surface area contributed by atoms with E-state index in [1.54, 1.807) is 39.5 Å². The molecule has 0 aliphatic carbocycles. The number of fused-ring (bicyclic) bond motifs is 2. The maximum atomic E-state index is 13.2. The van der Waals surface area contributed by atoms with Gasteiger partial charge in [0.1, 0.15) is 12.1 Å². The molecule has 10 nitrogen and oxygen atoms in total. The second-order valence-corrected chi connectivity index (χ2v) is 8.43. The van der Waals surface area contributed by atoms with Crippen LogP contribution in [0, 0.1) is 0 Å². The average Bonchev–Trinajstić information content (AvgIpc) is 2.86. The minimum atomic E-state index is -0.315. The summed E-state index contributed by atoms with van der Waals surface area (Å²) >= 11 is 0. The summed E-state index contributed by atoms with van der Waals surface area (Å²) in [7, 11) is 4.86. The van der Waals surface area contributed by atoms with Gasteiger partial charge >= 0.3 is 5.69 Å². The average molecular weight is 463 g/mol. The van der Waals surface area contributed by atoms with Gasteiger partial charge in [0.05, 0.1) is 30.6 Å². The highest BCUT2D eigenvalue weighted by Crippen LogP contribution is 2.36. The summed E-state index contributed by atoms with van der Waals surface area (Å²) in [4.78, 5) is 37.4. The summed E-state index contributed by atoms with van der Waals surface area (Å²) < 4.78 is 13.7. The van der Waals surface area contributed by atoms with Crippen LogP contribution in [0.5, 0.6) is 11.5 Å². The fraction of sp³-hybridized carbons (Fsp3) is 0.333. The van der Waals surface area contributed by atoms with Crippen molar-refractivity contribution in [2.75, 3.05) is 37.9 Å². The first kappa shape index (κ1) is 21.7. The molecule has 3 heterocycles. The molecule has 2 aromatic heterocycles. The van der Waals surface area contributed by atoms with Crippen molar-refractivity contribution < 1.29 is 9.47 Å². The lowest BCUT2D eigenvalue weighted by Gasteiger charge is -2.34. The Labute approximate surface area is 195 Å². The molecule has 0 saturated carbocycles. The highest BCUT2D eigenvalue weighted by molar-refractivity contribution is 5.92. The zero-order valence-electron chi connectivity index (χ0n) is 19.3. The van der Waals surface area contributed by atoms with Crippen LogP contribution in [0.1, 0.15) is 18.9 Å². The van der Waals surface area contributed by atoms with Gasteiger partial charge in [0, 0.05) is 43.3 Å². The van der Waals surface area contributed by atoms with Crippen LogP contribution in [-0.4, -0.2) is 46.4 Å². The number of hydrogen-bond acceptors (Lipinski definition) is 8. The van der Waals surface area contributed by atoms with Gasteiger partial charge in [-0.1, -0.05) is 0 Å². The van der Waals surface area contributed by atoms with Crippen molar-refractivity contribution in [2.45, 2.75) is 18.9 Å². The van der Waals surface area contributed by atoms with Crippen molar-refractivity contribution in [1.29, 1.82) is 0 Å². The molecule has 5 rings (SSSR count). The molecular formula is C24H26N6O4. The number of aromatic nitrogens is 4. The van der Waals surface area contributed by atoms with Crippen molar-refractivity contribution in [3.05, 3.63) is 57.5 Å². The van der Waals surface area contributed by atoms with E-state index in [0.717, 1.165) is 16.7 Å². The Morgan fingerprint density at radius 1 is 0.971 bits per heavy atom. The quantitative estimate of drug-likeness (QED) is 0.458. The number of aryl methyl sites for hydroxylation is 1. The van der Waals surface area contributed by atoms with Crippen molar-refractivity contribution in [1.82, 2.24) is 19.1 Å². The number of rotatable bonds is 4. The zero-order valence-corrected chi connectivity index (χ0v) is 19.3. The highest BCUT2D eigenvalue weighted by atomic mass is 16.5. The minimum Gasteiger partial charge on any atom is -0.493 e. The first-order valence-corrected chi connectivity index (χ1v) is 11.1. The third-order valence-electron chi connectivity index (χ3n) is 6.57. The lowest BCUT2D eigenvalue weighted by molar-refractivity contribution is 0.355. The van der Waals surface area contributed by atoms with Crippen LogP contribution in [0.15, 0.2) is 46.2 Å². The number of ether oxygens (including phenoxy) is 2. The summed E-state index contributed by atoms with van der Waals surface area (Å²) in [6, 6.07) is 8.54. The third kappa shape index (κ3) is 3.42. The molecule has 0 amide bonds. The van der Waals surface area contributed by atoms with E-state index in [1.165, 1.54) is 15.5 Å². The second-order valence-electron chi connectivity index (χ2n) is 8.43. The maximum Gasteiger partial charge on any atom is 0.331 e. The number of benzene rings is 2. The van der Waals surface area contributed by atoms with E-state index in [4.69, 9.17) is 15.2 Å². The molecule has 1 aliphatic heterocycles. The molecule has 34 heavy (non-hydrogen) atoms. The molecule has 2 N–H and O–H groups in total. The smallest absolute Gasteiger partial charge is 0.331 e. The monoisotopic (exact) mass is 462 g/mol. The van der Waals surface area contributed by atoms with Gasteiger partial charge in [0.2, 0.25) is 0 Å². The number of nitrogen functional groups attached to an aromatic ring is 1. The van der Waals surface area contributed by atoms with Crippen LogP contribution in [0.4, 0.5) is 11.5 Å². The number of nitrogens with zero attached hydrogens (tertiary/aromatic N) is 5. The largest absolute Gasteiger partial charge is 0.493 e. The second kappa shape index (κ2) is 8.36. The molecule has 4 aromatic rings. The Hall–Kier alpha value is -4.08. The highest BCUT2D eigenvalue weighted by Gasteiger charge is 2.26. The van der Waals surface area contributed by atoms with E-state index in [-0.39, 0.29) is 17.3 Å². The van der Waals surface area contributed by atoms with E-state index < -0.39 is 0 Å². The van der Waals surface area contributed by atoms with Crippen LogP contribution in [0.3, 0.4) is 0 Å². The Morgan fingerprint density at radius 3 is 2.38 bits per heavy atom. The molecule has 1 saturated heterocycles. The molecule has 10 heteroatoms. The van der Waals surface area contributed by atoms with Crippen molar-refractivity contribution in [3.8, 4) is 11.5 Å². The van der Waals surface area contributed by atoms with E-state index in [9.17, 15) is 9.59 Å². The Morgan fingerprint density at radius 2 is 1.68 bits per heavy atom. The van der Waals surface area contributed by atoms with Gasteiger partial charge in [-0.2, -0.15) is 0 Å². The van der Waals surface area contributed by atoms with E-state index in [1.807, 2.05) is 12.1 Å². The van der Waals surface area contributed by atoms with Crippen LogP contribution < -0.4 is 31.4 Å². The van der Waals surface area contributed by atoms with Crippen LogP contribution >= 0.6 is 0 Å². The van der Waals surface area contributed by atoms with E-state index in [2.05, 4.69) is 14.9 Å². The first-order valence-electron chi connectivity index (χ1n) is 11.1. The van der Waals surface area contributed by atoms with E-state index >= 15 is 0 Å². The lowest BCUT2D eigenvalue weighted by atomic mass is 10.0. The molecular weight excluding hydrogens is 436 g/mol. The van der Waals surface area contributed by atoms with Gasteiger partial charge in [-0.3, -0.25) is 13.9 Å². The van der Waals surface area contributed by atoms with Crippen molar-refractivity contribution in [2.24, 2.45) is 7.05 Å². The summed E-state index contributed by atoms with van der Waals surface area (Å²) in [5.74, 6) is 1.99. The van der Waals surface area contributed by atoms with Crippen molar-refractivity contribution in [3.63, 3.8) is 0 Å². The van der Waals surface area contributed by atoms with Gasteiger partial charge < -0.3 is 20.1 Å². The summed E-state index contributed by atoms with van der Waals surface area (Å²) in [5, 5.41) is 1.31. The van der Waals surface area contributed by atoms with Gasteiger partial charge in [-0.25, -0.2) is 14.8 Å². The summed E-state index contributed by atoms with van der Waals surface area (Å²) in [5.41, 5.74) is 7.12. The molecule has 0 radical (unpaired) electrons. The Bertz CT molecular complexity index is 1520. The maximum absolute atomic E-state index is 13.2.